The fraction of sp³-hybridized carbons (Fsp3) is 0.650. The summed E-state index contributed by atoms with van der Waals surface area (Å²) in [4.78, 5) is 12.8. The Bertz CT molecular complexity index is 509. The minimum Gasteiger partial charge on any atom is -0.317 e. The predicted molar refractivity (Wildman–Crippen MR) is 103 cm³/mol. The van der Waals surface area contributed by atoms with Crippen LogP contribution < -0.4 is 10.7 Å². The van der Waals surface area contributed by atoms with Crippen LogP contribution in [-0.2, 0) is 4.79 Å². The molecule has 4 heteroatoms. The molecule has 0 aromatic carbocycles. The molecule has 0 heterocycles. The topological polar surface area (TPSA) is 44.4 Å². The molecule has 1 rings (SSSR count). The Balaban J connectivity index is 2.79. The quantitative estimate of drug-likeness (QED) is 0.637. The number of rotatable bonds is 9. The number of allylic oxidation sites excluding steroid dienone is 6. The second-order valence-electron chi connectivity index (χ2n) is 7.28. The van der Waals surface area contributed by atoms with Gasteiger partial charge in [-0.25, -0.2) is 5.01 Å². The minimum atomic E-state index is -0.532. The second-order valence-corrected chi connectivity index (χ2v) is 7.28. The number of nitrogens with zero attached hydrogens (tertiary/aromatic N) is 1. The molecule has 0 bridgehead atoms. The molecule has 0 aromatic rings. The van der Waals surface area contributed by atoms with Gasteiger partial charge in [-0.05, 0) is 52.8 Å². The van der Waals surface area contributed by atoms with Crippen LogP contribution in [0.25, 0.3) is 0 Å². The van der Waals surface area contributed by atoms with Crippen molar-refractivity contribution < 1.29 is 4.79 Å². The normalized spacial score (nSPS) is 24.4. The second kappa shape index (κ2) is 9.30. The van der Waals surface area contributed by atoms with E-state index in [2.05, 4.69) is 49.7 Å². The lowest BCUT2D eigenvalue weighted by Crippen LogP contribution is -2.41. The van der Waals surface area contributed by atoms with E-state index in [1.165, 1.54) is 5.57 Å². The maximum absolute atomic E-state index is 12.8. The van der Waals surface area contributed by atoms with Gasteiger partial charge in [-0.1, -0.05) is 37.3 Å². The summed E-state index contributed by atoms with van der Waals surface area (Å²) < 4.78 is 0. The van der Waals surface area contributed by atoms with Gasteiger partial charge in [-0.2, -0.15) is 0 Å². The number of carbonyl (C=O) groups excluding carboxylic acids is 1. The smallest absolute Gasteiger partial charge is 0.147 e. The standard InChI is InChI=1S/C20H35N3O/c1-15(13-16(2)21-5)18-9-8-11-20(4,12-10-18)19(24)14-17(3)23(7)22-6/h8-12,15-17,21-22H,13-14H2,1-7H3. The van der Waals surface area contributed by atoms with Crippen LogP contribution in [0.5, 0.6) is 0 Å². The fourth-order valence-electron chi connectivity index (χ4n) is 2.88. The highest BCUT2D eigenvalue weighted by Crippen LogP contribution is 2.30. The van der Waals surface area contributed by atoms with Crippen molar-refractivity contribution >= 4 is 5.78 Å². The number of ketones is 1. The van der Waals surface area contributed by atoms with Crippen LogP contribution in [0, 0.1) is 11.3 Å². The number of hydrazine groups is 1. The van der Waals surface area contributed by atoms with Gasteiger partial charge in [0.15, 0.2) is 0 Å². The van der Waals surface area contributed by atoms with Crippen molar-refractivity contribution in [3.63, 3.8) is 0 Å². The van der Waals surface area contributed by atoms with E-state index in [-0.39, 0.29) is 11.8 Å². The first kappa shape index (κ1) is 20.8. The summed E-state index contributed by atoms with van der Waals surface area (Å²) in [6, 6.07) is 0.639. The summed E-state index contributed by atoms with van der Waals surface area (Å²) in [5, 5.41) is 5.26. The van der Waals surface area contributed by atoms with Gasteiger partial charge >= 0.3 is 0 Å². The average Bonchev–Trinajstić information content (AvgIpc) is 2.76. The zero-order chi connectivity index (χ0) is 18.3. The van der Waals surface area contributed by atoms with Crippen LogP contribution >= 0.6 is 0 Å². The molecule has 24 heavy (non-hydrogen) atoms. The highest BCUT2D eigenvalue weighted by molar-refractivity contribution is 5.89. The van der Waals surface area contributed by atoms with E-state index in [0.29, 0.717) is 18.4 Å². The Labute approximate surface area is 148 Å². The molecule has 1 aliphatic carbocycles. The highest BCUT2D eigenvalue weighted by Gasteiger charge is 2.30. The lowest BCUT2D eigenvalue weighted by Gasteiger charge is -2.27. The first-order valence-corrected chi connectivity index (χ1v) is 8.93. The molecule has 0 spiro atoms. The van der Waals surface area contributed by atoms with E-state index >= 15 is 0 Å². The van der Waals surface area contributed by atoms with Gasteiger partial charge in [0, 0.05) is 25.6 Å². The third-order valence-corrected chi connectivity index (χ3v) is 5.22. The molecule has 4 atom stereocenters. The molecule has 0 saturated heterocycles. The van der Waals surface area contributed by atoms with Crippen molar-refractivity contribution in [3.8, 4) is 0 Å². The van der Waals surface area contributed by atoms with Crippen LogP contribution in [0.15, 0.2) is 36.0 Å². The fourth-order valence-corrected chi connectivity index (χ4v) is 2.88. The Morgan fingerprint density at radius 1 is 1.25 bits per heavy atom. The molecular weight excluding hydrogens is 298 g/mol. The van der Waals surface area contributed by atoms with Crippen LogP contribution in [0.4, 0.5) is 0 Å². The first-order valence-electron chi connectivity index (χ1n) is 8.93. The minimum absolute atomic E-state index is 0.159. The Kier molecular flexibility index (Phi) is 8.07. The van der Waals surface area contributed by atoms with E-state index in [0.717, 1.165) is 6.42 Å². The first-order chi connectivity index (χ1) is 11.2. The van der Waals surface area contributed by atoms with Crippen LogP contribution in [0.2, 0.25) is 0 Å². The Morgan fingerprint density at radius 2 is 1.92 bits per heavy atom. The van der Waals surface area contributed by atoms with E-state index in [1.807, 2.05) is 45.2 Å². The number of carbonyl (C=O) groups is 1. The number of hydrogen-bond acceptors (Lipinski definition) is 4. The van der Waals surface area contributed by atoms with Crippen molar-refractivity contribution in [2.45, 2.75) is 52.6 Å². The van der Waals surface area contributed by atoms with Gasteiger partial charge in [0.1, 0.15) is 5.78 Å². The molecule has 0 amide bonds. The molecule has 136 valence electrons. The van der Waals surface area contributed by atoms with Crippen molar-refractivity contribution in [2.24, 2.45) is 11.3 Å². The van der Waals surface area contributed by atoms with Crippen molar-refractivity contribution in [1.29, 1.82) is 0 Å². The zero-order valence-corrected chi connectivity index (χ0v) is 16.4. The Morgan fingerprint density at radius 3 is 2.50 bits per heavy atom. The Hall–Kier alpha value is -1.23. The van der Waals surface area contributed by atoms with Gasteiger partial charge in [0.2, 0.25) is 0 Å². The number of nitrogens with one attached hydrogen (secondary N) is 2. The van der Waals surface area contributed by atoms with Crippen LogP contribution in [-0.4, -0.2) is 44.0 Å². The van der Waals surface area contributed by atoms with E-state index in [4.69, 9.17) is 0 Å². The molecule has 4 nitrogen and oxygen atoms in total. The van der Waals surface area contributed by atoms with Crippen LogP contribution in [0.3, 0.4) is 0 Å². The van der Waals surface area contributed by atoms with Crippen molar-refractivity contribution in [3.05, 3.63) is 36.0 Å². The molecule has 0 aliphatic heterocycles. The summed E-state index contributed by atoms with van der Waals surface area (Å²) >= 11 is 0. The molecule has 0 radical (unpaired) electrons. The van der Waals surface area contributed by atoms with Gasteiger partial charge in [-0.15, -0.1) is 0 Å². The third kappa shape index (κ3) is 5.69. The zero-order valence-electron chi connectivity index (χ0n) is 16.4. The summed E-state index contributed by atoms with van der Waals surface area (Å²) in [7, 11) is 5.83. The van der Waals surface area contributed by atoms with Crippen LogP contribution in [0.1, 0.15) is 40.5 Å². The SMILES string of the molecule is CNC(C)CC(C)C1=CC=CC(C)(C(=O)CC(C)N(C)NC)C=C1. The molecule has 2 N–H and O–H groups in total. The molecule has 1 aliphatic rings. The average molecular weight is 334 g/mol. The van der Waals surface area contributed by atoms with Crippen molar-refractivity contribution in [2.75, 3.05) is 21.1 Å². The lowest BCUT2D eigenvalue weighted by molar-refractivity contribution is -0.125. The van der Waals surface area contributed by atoms with Crippen molar-refractivity contribution in [1.82, 2.24) is 15.8 Å². The molecular formula is C20H35N3O. The summed E-state index contributed by atoms with van der Waals surface area (Å²) in [6.07, 6.45) is 12.0. The van der Waals surface area contributed by atoms with Gasteiger partial charge < -0.3 is 5.32 Å². The predicted octanol–water partition coefficient (Wildman–Crippen LogP) is 3.09. The summed E-state index contributed by atoms with van der Waals surface area (Å²) in [5.74, 6) is 0.704. The van der Waals surface area contributed by atoms with Gasteiger partial charge in [0.05, 0.1) is 5.41 Å². The lowest BCUT2D eigenvalue weighted by atomic mass is 9.82. The molecule has 0 aromatic heterocycles. The van der Waals surface area contributed by atoms with Gasteiger partial charge in [-0.3, -0.25) is 10.2 Å². The van der Waals surface area contributed by atoms with Gasteiger partial charge in [0.25, 0.3) is 0 Å². The summed E-state index contributed by atoms with van der Waals surface area (Å²) in [5.41, 5.74) is 3.82. The molecule has 4 unspecified atom stereocenters. The largest absolute Gasteiger partial charge is 0.317 e. The maximum Gasteiger partial charge on any atom is 0.147 e. The maximum atomic E-state index is 12.8. The third-order valence-electron chi connectivity index (χ3n) is 5.22. The highest BCUT2D eigenvalue weighted by atomic mass is 16.1. The number of Topliss-reactive ketones (excluding diaryl/α,β-unsaturated/α-hetero) is 1. The van der Waals surface area contributed by atoms with E-state index < -0.39 is 5.41 Å². The van der Waals surface area contributed by atoms with E-state index in [1.54, 1.807) is 0 Å². The number of hydrogen-bond donors (Lipinski definition) is 2. The summed E-state index contributed by atoms with van der Waals surface area (Å²) in [6.45, 7) is 8.51. The monoisotopic (exact) mass is 333 g/mol. The molecule has 0 fully saturated rings. The molecule has 0 saturated carbocycles. The van der Waals surface area contributed by atoms with E-state index in [9.17, 15) is 4.79 Å².